The summed E-state index contributed by atoms with van der Waals surface area (Å²) < 4.78 is 7.02. The fourth-order valence-electron chi connectivity index (χ4n) is 8.54. The predicted molar refractivity (Wildman–Crippen MR) is 148 cm³/mol. The summed E-state index contributed by atoms with van der Waals surface area (Å²) in [5, 5.41) is 3.98. The number of rotatable bonds is 3. The van der Waals surface area contributed by atoms with Gasteiger partial charge in [0.2, 0.25) is 0 Å². The van der Waals surface area contributed by atoms with Crippen LogP contribution in [0.25, 0.3) is 22.8 Å². The molecule has 3 aromatic rings. The Morgan fingerprint density at radius 3 is 2.13 bits per heavy atom. The number of ether oxygens (including phenoxy) is 1. The number of nitrogens with one attached hydrogen (secondary N) is 1. The smallest absolute Gasteiger partial charge is 0.163 e. The zero-order valence-electron chi connectivity index (χ0n) is 22.0. The topological polar surface area (TPSA) is 63.2 Å². The summed E-state index contributed by atoms with van der Waals surface area (Å²) in [6.45, 7) is 1.14. The van der Waals surface area contributed by atoms with Crippen LogP contribution in [0.4, 0.5) is 0 Å². The number of nitrogens with zero attached hydrogens (tertiary/aromatic N) is 4. The highest BCUT2D eigenvalue weighted by atomic mass is 16.5. The van der Waals surface area contributed by atoms with E-state index in [-0.39, 0.29) is 12.0 Å². The average molecular weight is 508 g/mol. The summed E-state index contributed by atoms with van der Waals surface area (Å²) >= 11 is 0. The molecule has 8 unspecified atom stereocenters. The van der Waals surface area contributed by atoms with Gasteiger partial charge in [-0.05, 0) is 51.0 Å². The molecule has 2 saturated carbocycles. The standard InChI is InChI=1S/C32H37N5O/c1-3-10-20(11-4-1)30-34-31(21-12-5-2-6-13-21)36-32(35-30)22-18-23-28-25(15-9-17-33-28)37-24-14-7-8-16-26(24)38-27(19-22)29(23)37/h1-6,10-13,22-29,33H,7-9,14-19H2. The quantitative estimate of drug-likeness (QED) is 0.525. The zero-order valence-corrected chi connectivity index (χ0v) is 22.0. The van der Waals surface area contributed by atoms with Crippen molar-refractivity contribution in [3.05, 3.63) is 66.5 Å². The number of aromatic nitrogens is 3. The van der Waals surface area contributed by atoms with Crippen molar-refractivity contribution in [3.8, 4) is 22.8 Å². The van der Waals surface area contributed by atoms with E-state index in [1.807, 2.05) is 12.1 Å². The van der Waals surface area contributed by atoms with Gasteiger partial charge in [-0.3, -0.25) is 4.90 Å². The lowest BCUT2D eigenvalue weighted by molar-refractivity contribution is -0.179. The molecule has 196 valence electrons. The first-order valence-electron chi connectivity index (χ1n) is 14.9. The summed E-state index contributed by atoms with van der Waals surface area (Å²) in [6, 6.07) is 23.1. The molecule has 2 aliphatic carbocycles. The minimum absolute atomic E-state index is 0.266. The maximum absolute atomic E-state index is 7.02. The average Bonchev–Trinajstić information content (AvgIpc) is 3.33. The Hall–Kier alpha value is -2.67. The van der Waals surface area contributed by atoms with Gasteiger partial charge in [0.15, 0.2) is 11.6 Å². The molecule has 3 saturated heterocycles. The lowest BCUT2D eigenvalue weighted by Gasteiger charge is -2.54. The largest absolute Gasteiger partial charge is 0.372 e. The van der Waals surface area contributed by atoms with Gasteiger partial charge < -0.3 is 10.1 Å². The van der Waals surface area contributed by atoms with Crippen LogP contribution < -0.4 is 5.32 Å². The fourth-order valence-corrected chi connectivity index (χ4v) is 8.54. The third-order valence-corrected chi connectivity index (χ3v) is 10.0. The molecule has 8 rings (SSSR count). The maximum Gasteiger partial charge on any atom is 0.163 e. The second-order valence-corrected chi connectivity index (χ2v) is 12.1. The van der Waals surface area contributed by atoms with E-state index in [1.54, 1.807) is 0 Å². The van der Waals surface area contributed by atoms with Crippen molar-refractivity contribution in [2.24, 2.45) is 5.92 Å². The van der Waals surface area contributed by atoms with Crippen LogP contribution in [0, 0.1) is 5.92 Å². The van der Waals surface area contributed by atoms with Crippen LogP contribution in [0.2, 0.25) is 0 Å². The molecule has 5 fully saturated rings. The number of benzene rings is 2. The molecule has 2 aromatic carbocycles. The molecule has 6 heteroatoms. The van der Waals surface area contributed by atoms with Gasteiger partial charge in [0.25, 0.3) is 0 Å². The minimum atomic E-state index is 0.266. The maximum atomic E-state index is 7.02. The number of piperidine rings is 1. The lowest BCUT2D eigenvalue weighted by atomic mass is 9.72. The normalized spacial score (nSPS) is 36.2. The van der Waals surface area contributed by atoms with Crippen LogP contribution in [0.15, 0.2) is 60.7 Å². The Morgan fingerprint density at radius 2 is 1.39 bits per heavy atom. The number of fused-ring (bicyclic) bond motifs is 5. The third kappa shape index (κ3) is 3.83. The highest BCUT2D eigenvalue weighted by molar-refractivity contribution is 5.60. The molecule has 0 radical (unpaired) electrons. The molecule has 3 aliphatic heterocycles. The van der Waals surface area contributed by atoms with Gasteiger partial charge in [0.1, 0.15) is 5.82 Å². The summed E-state index contributed by atoms with van der Waals surface area (Å²) in [4.78, 5) is 18.2. The van der Waals surface area contributed by atoms with Crippen molar-refractivity contribution < 1.29 is 4.74 Å². The molecule has 0 spiro atoms. The predicted octanol–water partition coefficient (Wildman–Crippen LogP) is 5.21. The first kappa shape index (κ1) is 23.2. The molecule has 1 N–H and O–H groups in total. The minimum Gasteiger partial charge on any atom is -0.372 e. The van der Waals surface area contributed by atoms with Crippen LogP contribution in [-0.4, -0.2) is 62.8 Å². The van der Waals surface area contributed by atoms with Crippen LogP contribution in [0.1, 0.15) is 63.1 Å². The van der Waals surface area contributed by atoms with E-state index < -0.39 is 0 Å². The van der Waals surface area contributed by atoms with E-state index >= 15 is 0 Å². The Bertz CT molecular complexity index is 1230. The Morgan fingerprint density at radius 1 is 0.711 bits per heavy atom. The van der Waals surface area contributed by atoms with Crippen LogP contribution in [0.3, 0.4) is 0 Å². The highest BCUT2D eigenvalue weighted by Crippen LogP contribution is 2.52. The summed E-state index contributed by atoms with van der Waals surface area (Å²) in [7, 11) is 0. The van der Waals surface area contributed by atoms with E-state index in [0.717, 1.165) is 48.0 Å². The van der Waals surface area contributed by atoms with Crippen molar-refractivity contribution in [3.63, 3.8) is 0 Å². The molecular formula is C32H37N5O. The lowest BCUT2D eigenvalue weighted by Crippen LogP contribution is -2.63. The Kier molecular flexibility index (Phi) is 5.81. The monoisotopic (exact) mass is 507 g/mol. The fraction of sp³-hybridized carbons (Fsp3) is 0.531. The van der Waals surface area contributed by atoms with Crippen molar-refractivity contribution >= 4 is 0 Å². The van der Waals surface area contributed by atoms with Gasteiger partial charge in [0.05, 0.1) is 12.2 Å². The molecule has 4 heterocycles. The molecule has 1 aromatic heterocycles. The second kappa shape index (κ2) is 9.51. The van der Waals surface area contributed by atoms with E-state index in [9.17, 15) is 0 Å². The Labute approximate surface area is 225 Å². The first-order valence-corrected chi connectivity index (χ1v) is 14.9. The van der Waals surface area contributed by atoms with Crippen molar-refractivity contribution in [2.75, 3.05) is 6.54 Å². The molecule has 0 amide bonds. The highest BCUT2D eigenvalue weighted by Gasteiger charge is 2.61. The molecule has 38 heavy (non-hydrogen) atoms. The Balaban J connectivity index is 1.19. The number of morpholine rings is 1. The van der Waals surface area contributed by atoms with Gasteiger partial charge in [-0.25, -0.2) is 15.0 Å². The zero-order chi connectivity index (χ0) is 25.1. The molecule has 0 bridgehead atoms. The molecule has 5 aliphatic rings. The first-order chi connectivity index (χ1) is 18.8. The van der Waals surface area contributed by atoms with Gasteiger partial charge in [-0.15, -0.1) is 0 Å². The van der Waals surface area contributed by atoms with E-state index in [4.69, 9.17) is 19.7 Å². The summed E-state index contributed by atoms with van der Waals surface area (Å²) in [5.41, 5.74) is 2.09. The van der Waals surface area contributed by atoms with Crippen LogP contribution >= 0.6 is 0 Å². The van der Waals surface area contributed by atoms with Gasteiger partial charge in [-0.1, -0.05) is 73.5 Å². The second-order valence-electron chi connectivity index (χ2n) is 12.1. The van der Waals surface area contributed by atoms with E-state index in [0.29, 0.717) is 36.2 Å². The third-order valence-electron chi connectivity index (χ3n) is 10.0. The van der Waals surface area contributed by atoms with E-state index in [2.05, 4.69) is 58.7 Å². The van der Waals surface area contributed by atoms with Gasteiger partial charge >= 0.3 is 0 Å². The molecular weight excluding hydrogens is 470 g/mol. The summed E-state index contributed by atoms with van der Waals surface area (Å²) in [6.07, 6.45) is 10.6. The van der Waals surface area contributed by atoms with Crippen molar-refractivity contribution in [1.29, 1.82) is 0 Å². The van der Waals surface area contributed by atoms with Crippen LogP contribution in [0.5, 0.6) is 0 Å². The van der Waals surface area contributed by atoms with Crippen LogP contribution in [-0.2, 0) is 4.74 Å². The molecule has 8 atom stereocenters. The van der Waals surface area contributed by atoms with E-state index in [1.165, 1.54) is 38.5 Å². The van der Waals surface area contributed by atoms with Crippen molar-refractivity contribution in [1.82, 2.24) is 25.2 Å². The number of hydrogen-bond donors (Lipinski definition) is 1. The SMILES string of the molecule is c1ccc(-c2nc(-c3ccccc3)nc(C3CC4OC5CCCCC5N5C6CCCNC6C(C3)C45)n2)cc1. The summed E-state index contributed by atoms with van der Waals surface area (Å²) in [5.74, 6) is 3.35. The van der Waals surface area contributed by atoms with Gasteiger partial charge in [0, 0.05) is 41.2 Å². The molecule has 6 nitrogen and oxygen atoms in total. The number of hydrogen-bond acceptors (Lipinski definition) is 6. The van der Waals surface area contributed by atoms with Crippen molar-refractivity contribution in [2.45, 2.75) is 93.7 Å². The van der Waals surface area contributed by atoms with Gasteiger partial charge in [-0.2, -0.15) is 0 Å².